The number of halogens is 2. The molecule has 1 atom stereocenters. The molecule has 1 aromatic carbocycles. The molecule has 1 aliphatic carbocycles. The van der Waals surface area contributed by atoms with Gasteiger partial charge in [0.2, 0.25) is 0 Å². The summed E-state index contributed by atoms with van der Waals surface area (Å²) in [4.78, 5) is 0. The molecule has 0 saturated carbocycles. The van der Waals surface area contributed by atoms with Crippen molar-refractivity contribution >= 4 is 23.2 Å². The van der Waals surface area contributed by atoms with Crippen molar-refractivity contribution in [2.45, 2.75) is 25.4 Å². The summed E-state index contributed by atoms with van der Waals surface area (Å²) in [5, 5.41) is 7.96. The molecule has 0 spiro atoms. The number of nitrogens with zero attached hydrogens (tertiary/aromatic N) is 2. The van der Waals surface area contributed by atoms with E-state index in [1.54, 1.807) is 6.07 Å². The number of aromatic nitrogens is 2. The van der Waals surface area contributed by atoms with Gasteiger partial charge in [0.05, 0.1) is 0 Å². The molecule has 3 rings (SSSR count). The number of rotatable bonds is 2. The lowest BCUT2D eigenvalue weighted by Crippen LogP contribution is -2.15. The van der Waals surface area contributed by atoms with Crippen molar-refractivity contribution in [3.63, 3.8) is 0 Å². The van der Waals surface area contributed by atoms with Crippen LogP contribution >= 0.6 is 23.2 Å². The second-order valence-corrected chi connectivity index (χ2v) is 5.26. The van der Waals surface area contributed by atoms with Gasteiger partial charge in [0.25, 0.3) is 0 Å². The van der Waals surface area contributed by atoms with E-state index in [9.17, 15) is 0 Å². The zero-order valence-corrected chi connectivity index (χ0v) is 11.7. The van der Waals surface area contributed by atoms with E-state index in [1.807, 2.05) is 6.07 Å². The number of ether oxygens (including phenoxy) is 1. The first-order chi connectivity index (χ1) is 9.24. The van der Waals surface area contributed by atoms with E-state index in [-0.39, 0.29) is 16.4 Å². The quantitative estimate of drug-likeness (QED) is 0.831. The van der Waals surface area contributed by atoms with Crippen molar-refractivity contribution in [2.24, 2.45) is 0 Å². The van der Waals surface area contributed by atoms with Crippen LogP contribution < -0.4 is 4.74 Å². The van der Waals surface area contributed by atoms with Crippen LogP contribution in [-0.4, -0.2) is 10.2 Å². The zero-order chi connectivity index (χ0) is 13.2. The van der Waals surface area contributed by atoms with Gasteiger partial charge in [0, 0.05) is 6.07 Å². The molecule has 1 heterocycles. The molecule has 0 radical (unpaired) electrons. The maximum absolute atomic E-state index is 5.99. The molecule has 0 amide bonds. The van der Waals surface area contributed by atoms with E-state index >= 15 is 0 Å². The molecule has 98 valence electrons. The maximum atomic E-state index is 5.99. The minimum Gasteiger partial charge on any atom is -0.482 e. The minimum absolute atomic E-state index is 0.00252. The molecule has 19 heavy (non-hydrogen) atoms. The SMILES string of the molecule is Clc1cc(OC2CCCc3ccccc32)c(Cl)nn1. The minimum atomic E-state index is 0.00252. The van der Waals surface area contributed by atoms with Crippen LogP contribution in [0.2, 0.25) is 10.3 Å². The normalized spacial score (nSPS) is 17.9. The van der Waals surface area contributed by atoms with E-state index < -0.39 is 0 Å². The Balaban J connectivity index is 1.90. The first-order valence-electron chi connectivity index (χ1n) is 6.17. The Hall–Kier alpha value is -1.32. The summed E-state index contributed by atoms with van der Waals surface area (Å²) in [5.74, 6) is 0.489. The highest BCUT2D eigenvalue weighted by Gasteiger charge is 2.22. The molecule has 0 fully saturated rings. The van der Waals surface area contributed by atoms with Crippen LogP contribution in [0.25, 0.3) is 0 Å². The highest BCUT2D eigenvalue weighted by molar-refractivity contribution is 6.32. The second-order valence-electron chi connectivity index (χ2n) is 4.52. The van der Waals surface area contributed by atoms with E-state index in [2.05, 4.69) is 28.4 Å². The van der Waals surface area contributed by atoms with Gasteiger partial charge in [-0.1, -0.05) is 47.5 Å². The average molecular weight is 295 g/mol. The molecule has 1 aromatic heterocycles. The van der Waals surface area contributed by atoms with Gasteiger partial charge in [-0.15, -0.1) is 10.2 Å². The Bertz CT molecular complexity index is 604. The Morgan fingerprint density at radius 1 is 1.16 bits per heavy atom. The van der Waals surface area contributed by atoms with Crippen LogP contribution in [-0.2, 0) is 6.42 Å². The second kappa shape index (κ2) is 5.35. The maximum Gasteiger partial charge on any atom is 0.193 e. The van der Waals surface area contributed by atoms with Crippen LogP contribution in [0.15, 0.2) is 30.3 Å². The predicted molar refractivity (Wildman–Crippen MR) is 74.8 cm³/mol. The van der Waals surface area contributed by atoms with Crippen molar-refractivity contribution in [3.8, 4) is 5.75 Å². The topological polar surface area (TPSA) is 35.0 Å². The van der Waals surface area contributed by atoms with Gasteiger partial charge in [-0.2, -0.15) is 0 Å². The summed E-state index contributed by atoms with van der Waals surface area (Å²) in [6, 6.07) is 9.93. The van der Waals surface area contributed by atoms with Crippen molar-refractivity contribution in [3.05, 3.63) is 51.8 Å². The number of aryl methyl sites for hydroxylation is 1. The standard InChI is InChI=1S/C14H12Cl2N2O/c15-13-8-12(14(16)18-17-13)19-11-7-3-5-9-4-1-2-6-10(9)11/h1-2,4,6,8,11H,3,5,7H2. The van der Waals surface area contributed by atoms with Gasteiger partial charge in [-0.3, -0.25) is 0 Å². The third-order valence-electron chi connectivity index (χ3n) is 3.27. The number of benzene rings is 1. The van der Waals surface area contributed by atoms with E-state index in [1.165, 1.54) is 11.1 Å². The molecule has 2 aromatic rings. The highest BCUT2D eigenvalue weighted by atomic mass is 35.5. The van der Waals surface area contributed by atoms with Gasteiger partial charge >= 0.3 is 0 Å². The molecular weight excluding hydrogens is 283 g/mol. The summed E-state index contributed by atoms with van der Waals surface area (Å²) < 4.78 is 5.97. The lowest BCUT2D eigenvalue weighted by molar-refractivity contribution is 0.182. The van der Waals surface area contributed by atoms with Crippen LogP contribution in [0, 0.1) is 0 Å². The Morgan fingerprint density at radius 2 is 2.00 bits per heavy atom. The summed E-state index contributed by atoms with van der Waals surface area (Å²) in [6.45, 7) is 0. The molecule has 0 saturated heterocycles. The van der Waals surface area contributed by atoms with E-state index in [0.29, 0.717) is 5.75 Å². The van der Waals surface area contributed by atoms with E-state index in [4.69, 9.17) is 27.9 Å². The third-order valence-corrected chi connectivity index (χ3v) is 3.72. The number of hydrogen-bond acceptors (Lipinski definition) is 3. The fourth-order valence-electron chi connectivity index (χ4n) is 2.41. The van der Waals surface area contributed by atoms with Gasteiger partial charge in [-0.05, 0) is 30.4 Å². The smallest absolute Gasteiger partial charge is 0.193 e. The van der Waals surface area contributed by atoms with Crippen molar-refractivity contribution < 1.29 is 4.74 Å². The summed E-state index contributed by atoms with van der Waals surface area (Å²) in [7, 11) is 0. The average Bonchev–Trinajstić information content (AvgIpc) is 2.43. The summed E-state index contributed by atoms with van der Waals surface area (Å²) >= 11 is 11.8. The van der Waals surface area contributed by atoms with Crippen LogP contribution in [0.1, 0.15) is 30.1 Å². The molecule has 5 heteroatoms. The predicted octanol–water partition coefficient (Wildman–Crippen LogP) is 4.24. The van der Waals surface area contributed by atoms with Crippen LogP contribution in [0.5, 0.6) is 5.75 Å². The first kappa shape index (κ1) is 12.7. The summed E-state index contributed by atoms with van der Waals surface area (Å²) in [5.41, 5.74) is 2.56. The van der Waals surface area contributed by atoms with E-state index in [0.717, 1.165) is 19.3 Å². The third kappa shape index (κ3) is 2.67. The van der Waals surface area contributed by atoms with Crippen molar-refractivity contribution in [1.29, 1.82) is 0 Å². The van der Waals surface area contributed by atoms with Gasteiger partial charge < -0.3 is 4.74 Å². The van der Waals surface area contributed by atoms with Gasteiger partial charge in [0.1, 0.15) is 6.10 Å². The summed E-state index contributed by atoms with van der Waals surface area (Å²) in [6.07, 6.45) is 3.17. The number of fused-ring (bicyclic) bond motifs is 1. The molecule has 3 nitrogen and oxygen atoms in total. The fraction of sp³-hybridized carbons (Fsp3) is 0.286. The lowest BCUT2D eigenvalue weighted by Gasteiger charge is -2.26. The highest BCUT2D eigenvalue weighted by Crippen LogP contribution is 2.35. The fourth-order valence-corrected chi connectivity index (χ4v) is 2.68. The molecule has 0 N–H and O–H groups in total. The number of hydrogen-bond donors (Lipinski definition) is 0. The monoisotopic (exact) mass is 294 g/mol. The first-order valence-corrected chi connectivity index (χ1v) is 6.93. The molecular formula is C14H12Cl2N2O. The lowest BCUT2D eigenvalue weighted by atomic mass is 9.89. The van der Waals surface area contributed by atoms with Crippen molar-refractivity contribution in [1.82, 2.24) is 10.2 Å². The van der Waals surface area contributed by atoms with Gasteiger partial charge in [-0.25, -0.2) is 0 Å². The Labute approximate surface area is 121 Å². The van der Waals surface area contributed by atoms with Gasteiger partial charge in [0.15, 0.2) is 16.1 Å². The largest absolute Gasteiger partial charge is 0.482 e. The Morgan fingerprint density at radius 3 is 2.89 bits per heavy atom. The molecule has 1 aliphatic rings. The molecule has 0 aliphatic heterocycles. The molecule has 0 bridgehead atoms. The Kier molecular flexibility index (Phi) is 3.58. The molecule has 1 unspecified atom stereocenters. The van der Waals surface area contributed by atoms with Crippen LogP contribution in [0.3, 0.4) is 0 Å². The zero-order valence-electron chi connectivity index (χ0n) is 10.1. The van der Waals surface area contributed by atoms with Crippen LogP contribution in [0.4, 0.5) is 0 Å². The van der Waals surface area contributed by atoms with Crippen molar-refractivity contribution in [2.75, 3.05) is 0 Å².